The zero-order chi connectivity index (χ0) is 13.2. The molecule has 0 atom stereocenters. The fourth-order valence-corrected chi connectivity index (χ4v) is 1.65. The summed E-state index contributed by atoms with van der Waals surface area (Å²) in [5.74, 6) is 1.24. The Morgan fingerprint density at radius 1 is 1.17 bits per heavy atom. The molecule has 0 fully saturated rings. The van der Waals surface area contributed by atoms with Crippen molar-refractivity contribution < 1.29 is 0 Å². The number of aromatic nitrogens is 3. The zero-order valence-corrected chi connectivity index (χ0v) is 11.0. The van der Waals surface area contributed by atoms with Crippen LogP contribution >= 0.6 is 0 Å². The first-order valence-corrected chi connectivity index (χ1v) is 5.99. The van der Waals surface area contributed by atoms with Gasteiger partial charge < -0.3 is 5.73 Å². The van der Waals surface area contributed by atoms with Crippen molar-refractivity contribution in [3.8, 4) is 0 Å². The van der Waals surface area contributed by atoms with E-state index in [0.717, 1.165) is 17.2 Å². The van der Waals surface area contributed by atoms with Crippen LogP contribution in [0.4, 0.5) is 5.82 Å². The average molecular weight is 242 g/mol. The summed E-state index contributed by atoms with van der Waals surface area (Å²) >= 11 is 0. The number of nitrogens with zero attached hydrogens (tertiary/aromatic N) is 3. The second-order valence-electron chi connectivity index (χ2n) is 5.34. The van der Waals surface area contributed by atoms with Crippen molar-refractivity contribution in [2.45, 2.75) is 32.6 Å². The Morgan fingerprint density at radius 2 is 1.94 bits per heavy atom. The monoisotopic (exact) mass is 242 g/mol. The van der Waals surface area contributed by atoms with Crippen LogP contribution in [0.1, 0.15) is 38.0 Å². The van der Waals surface area contributed by atoms with Crippen molar-refractivity contribution in [3.63, 3.8) is 0 Å². The van der Waals surface area contributed by atoms with E-state index in [1.165, 1.54) is 0 Å². The molecule has 0 spiro atoms. The van der Waals surface area contributed by atoms with E-state index in [0.29, 0.717) is 12.2 Å². The molecule has 0 unspecified atom stereocenters. The molecule has 0 bridgehead atoms. The number of nitrogen functional groups attached to an aromatic ring is 1. The quantitative estimate of drug-likeness (QED) is 0.878. The molecule has 4 heteroatoms. The molecule has 0 aliphatic carbocycles. The lowest BCUT2D eigenvalue weighted by atomic mass is 9.92. The van der Waals surface area contributed by atoms with Gasteiger partial charge in [0.15, 0.2) is 0 Å². The van der Waals surface area contributed by atoms with Gasteiger partial charge >= 0.3 is 0 Å². The van der Waals surface area contributed by atoms with Gasteiger partial charge in [-0.1, -0.05) is 26.8 Å². The van der Waals surface area contributed by atoms with Crippen LogP contribution < -0.4 is 5.73 Å². The number of hydrogen-bond donors (Lipinski definition) is 1. The van der Waals surface area contributed by atoms with Gasteiger partial charge in [-0.25, -0.2) is 9.97 Å². The summed E-state index contributed by atoms with van der Waals surface area (Å²) < 4.78 is 0. The van der Waals surface area contributed by atoms with Crippen LogP contribution in [0.2, 0.25) is 0 Å². The van der Waals surface area contributed by atoms with E-state index in [4.69, 9.17) is 5.73 Å². The van der Waals surface area contributed by atoms with E-state index in [9.17, 15) is 0 Å². The van der Waals surface area contributed by atoms with Crippen LogP contribution in [0, 0.1) is 0 Å². The molecule has 0 aliphatic heterocycles. The van der Waals surface area contributed by atoms with Crippen molar-refractivity contribution in [3.05, 3.63) is 47.7 Å². The lowest BCUT2D eigenvalue weighted by Gasteiger charge is -2.18. The largest absolute Gasteiger partial charge is 0.384 e. The number of rotatable bonds is 2. The maximum absolute atomic E-state index is 5.84. The Balaban J connectivity index is 2.32. The molecule has 2 heterocycles. The summed E-state index contributed by atoms with van der Waals surface area (Å²) in [4.78, 5) is 13.1. The van der Waals surface area contributed by atoms with Gasteiger partial charge in [-0.15, -0.1) is 0 Å². The van der Waals surface area contributed by atoms with E-state index in [1.807, 2.05) is 24.3 Å². The smallest absolute Gasteiger partial charge is 0.136 e. The first kappa shape index (κ1) is 12.5. The molecule has 18 heavy (non-hydrogen) atoms. The highest BCUT2D eigenvalue weighted by Gasteiger charge is 2.17. The number of nitrogens with two attached hydrogens (primary N) is 1. The fraction of sp³-hybridized carbons (Fsp3) is 0.357. The van der Waals surface area contributed by atoms with E-state index in [1.54, 1.807) is 6.20 Å². The molecule has 0 saturated heterocycles. The zero-order valence-electron chi connectivity index (χ0n) is 11.0. The fourth-order valence-electron chi connectivity index (χ4n) is 1.65. The van der Waals surface area contributed by atoms with Gasteiger partial charge in [-0.05, 0) is 12.1 Å². The molecule has 0 aliphatic rings. The number of pyridine rings is 1. The molecule has 4 nitrogen and oxygen atoms in total. The molecule has 0 saturated carbocycles. The normalized spacial score (nSPS) is 11.5. The van der Waals surface area contributed by atoms with Crippen LogP contribution in [0.15, 0.2) is 30.5 Å². The Kier molecular flexibility index (Phi) is 3.28. The molecule has 2 aromatic heterocycles. The highest BCUT2D eigenvalue weighted by Crippen LogP contribution is 2.21. The molecular weight excluding hydrogens is 224 g/mol. The Bertz CT molecular complexity index is 529. The summed E-state index contributed by atoms with van der Waals surface area (Å²) in [6.07, 6.45) is 2.38. The van der Waals surface area contributed by atoms with Crippen molar-refractivity contribution in [2.75, 3.05) is 5.73 Å². The van der Waals surface area contributed by atoms with Crippen molar-refractivity contribution in [1.82, 2.24) is 15.0 Å². The predicted octanol–water partition coefficient (Wildman–Crippen LogP) is 2.34. The van der Waals surface area contributed by atoms with Gasteiger partial charge in [0.2, 0.25) is 0 Å². The maximum atomic E-state index is 5.84. The Hall–Kier alpha value is -1.97. The minimum atomic E-state index is -0.0318. The molecule has 0 amide bonds. The van der Waals surface area contributed by atoms with Crippen LogP contribution in [0.25, 0.3) is 0 Å². The number of anilines is 1. The highest BCUT2D eigenvalue weighted by atomic mass is 15.0. The molecular formula is C14H18N4. The van der Waals surface area contributed by atoms with Crippen molar-refractivity contribution >= 4 is 5.82 Å². The molecule has 94 valence electrons. The third-order valence-electron chi connectivity index (χ3n) is 2.63. The molecule has 2 N–H and O–H groups in total. The average Bonchev–Trinajstić information content (AvgIpc) is 2.28. The third kappa shape index (κ3) is 3.03. The van der Waals surface area contributed by atoms with Gasteiger partial charge in [0, 0.05) is 23.4 Å². The number of hydrogen-bond acceptors (Lipinski definition) is 4. The lowest BCUT2D eigenvalue weighted by Crippen LogP contribution is -2.16. The molecule has 2 aromatic rings. The Labute approximate surface area is 107 Å². The van der Waals surface area contributed by atoms with Gasteiger partial charge in [-0.2, -0.15) is 0 Å². The first-order valence-electron chi connectivity index (χ1n) is 5.99. The van der Waals surface area contributed by atoms with Gasteiger partial charge in [0.1, 0.15) is 11.6 Å². The third-order valence-corrected chi connectivity index (χ3v) is 2.63. The molecule has 0 radical (unpaired) electrons. The molecule has 0 aromatic carbocycles. The standard InChI is InChI=1S/C14H18N4/c1-14(2,3)11-9-12(15)18-13(17-11)8-10-6-4-5-7-16-10/h4-7,9H,8H2,1-3H3,(H2,15,17,18). The van der Waals surface area contributed by atoms with Crippen LogP contribution in [0.3, 0.4) is 0 Å². The summed E-state index contributed by atoms with van der Waals surface area (Å²) in [5.41, 5.74) is 7.71. The SMILES string of the molecule is CC(C)(C)c1cc(N)nc(Cc2ccccn2)n1. The van der Waals surface area contributed by atoms with Crippen molar-refractivity contribution in [1.29, 1.82) is 0 Å². The molecule has 2 rings (SSSR count). The first-order chi connectivity index (χ1) is 8.45. The summed E-state index contributed by atoms with van der Waals surface area (Å²) in [6, 6.07) is 7.65. The van der Waals surface area contributed by atoms with Gasteiger partial charge in [0.05, 0.1) is 12.1 Å². The van der Waals surface area contributed by atoms with Crippen LogP contribution in [-0.4, -0.2) is 15.0 Å². The second kappa shape index (κ2) is 4.72. The minimum absolute atomic E-state index is 0.0318. The Morgan fingerprint density at radius 3 is 2.56 bits per heavy atom. The maximum Gasteiger partial charge on any atom is 0.136 e. The van der Waals surface area contributed by atoms with E-state index < -0.39 is 0 Å². The van der Waals surface area contributed by atoms with Crippen molar-refractivity contribution in [2.24, 2.45) is 0 Å². The highest BCUT2D eigenvalue weighted by molar-refractivity contribution is 5.33. The van der Waals surface area contributed by atoms with E-state index in [-0.39, 0.29) is 5.41 Å². The summed E-state index contributed by atoms with van der Waals surface area (Å²) in [6.45, 7) is 6.33. The minimum Gasteiger partial charge on any atom is -0.384 e. The van der Waals surface area contributed by atoms with Crippen LogP contribution in [0.5, 0.6) is 0 Å². The van der Waals surface area contributed by atoms with Gasteiger partial charge in [0.25, 0.3) is 0 Å². The topological polar surface area (TPSA) is 64.7 Å². The summed E-state index contributed by atoms with van der Waals surface area (Å²) in [5, 5.41) is 0. The van der Waals surface area contributed by atoms with E-state index >= 15 is 0 Å². The predicted molar refractivity (Wildman–Crippen MR) is 72.2 cm³/mol. The second-order valence-corrected chi connectivity index (χ2v) is 5.34. The summed E-state index contributed by atoms with van der Waals surface area (Å²) in [7, 11) is 0. The van der Waals surface area contributed by atoms with E-state index in [2.05, 4.69) is 35.7 Å². The lowest BCUT2D eigenvalue weighted by molar-refractivity contribution is 0.563. The van der Waals surface area contributed by atoms with Crippen LogP contribution in [-0.2, 0) is 11.8 Å². The van der Waals surface area contributed by atoms with Gasteiger partial charge in [-0.3, -0.25) is 4.98 Å².